The molecule has 0 bridgehead atoms. The largest absolute Gasteiger partial charge is 0.396 e. The van der Waals surface area contributed by atoms with Crippen LogP contribution in [0.1, 0.15) is 17.3 Å². The van der Waals surface area contributed by atoms with E-state index in [4.69, 9.17) is 10.4 Å². The van der Waals surface area contributed by atoms with E-state index in [1.54, 1.807) is 11.7 Å². The van der Waals surface area contributed by atoms with Crippen LogP contribution in [0.25, 0.3) is 0 Å². The van der Waals surface area contributed by atoms with Crippen molar-refractivity contribution in [2.45, 2.75) is 12.5 Å². The molecule has 5 heteroatoms. The number of nitriles is 1. The molecule has 4 nitrogen and oxygen atoms in total. The summed E-state index contributed by atoms with van der Waals surface area (Å²) in [5, 5.41) is 20.4. The molecular formula is C8H11N3OS. The Hall–Kier alpha value is -0.960. The third kappa shape index (κ3) is 3.11. The summed E-state index contributed by atoms with van der Waals surface area (Å²) in [4.78, 5) is 4.81. The number of rotatable bonds is 5. The quantitative estimate of drug-likeness (QED) is 0.681. The maximum atomic E-state index is 8.80. The van der Waals surface area contributed by atoms with Crippen LogP contribution in [-0.4, -0.2) is 23.2 Å². The van der Waals surface area contributed by atoms with Crippen molar-refractivity contribution in [1.29, 1.82) is 5.26 Å². The molecule has 2 N–H and O–H groups in total. The SMILES string of the molecule is N#CC(NCCCO)c1cncs1. The van der Waals surface area contributed by atoms with Crippen LogP contribution in [0.4, 0.5) is 0 Å². The van der Waals surface area contributed by atoms with E-state index < -0.39 is 0 Å². The highest BCUT2D eigenvalue weighted by molar-refractivity contribution is 7.09. The number of aliphatic hydroxyl groups is 1. The van der Waals surface area contributed by atoms with E-state index in [-0.39, 0.29) is 12.6 Å². The fourth-order valence-corrected chi connectivity index (χ4v) is 1.54. The number of nitrogens with zero attached hydrogens (tertiary/aromatic N) is 2. The van der Waals surface area contributed by atoms with E-state index in [1.807, 2.05) is 0 Å². The molecule has 0 amide bonds. The van der Waals surface area contributed by atoms with E-state index in [1.165, 1.54) is 11.3 Å². The van der Waals surface area contributed by atoms with E-state index in [0.717, 1.165) is 4.88 Å². The molecule has 1 aromatic heterocycles. The van der Waals surface area contributed by atoms with Crippen molar-refractivity contribution >= 4 is 11.3 Å². The van der Waals surface area contributed by atoms with Crippen LogP contribution in [-0.2, 0) is 0 Å². The number of aromatic nitrogens is 1. The molecule has 1 rings (SSSR count). The van der Waals surface area contributed by atoms with Gasteiger partial charge in [-0.1, -0.05) is 0 Å². The monoisotopic (exact) mass is 197 g/mol. The first-order chi connectivity index (χ1) is 6.38. The van der Waals surface area contributed by atoms with Crippen molar-refractivity contribution in [3.8, 4) is 6.07 Å². The second-order valence-corrected chi connectivity index (χ2v) is 3.42. The molecule has 0 aliphatic carbocycles. The van der Waals surface area contributed by atoms with Gasteiger partial charge in [0.15, 0.2) is 0 Å². The van der Waals surface area contributed by atoms with Crippen molar-refractivity contribution in [1.82, 2.24) is 10.3 Å². The topological polar surface area (TPSA) is 68.9 Å². The van der Waals surface area contributed by atoms with Gasteiger partial charge in [-0.2, -0.15) is 5.26 Å². The highest BCUT2D eigenvalue weighted by Gasteiger charge is 2.09. The highest BCUT2D eigenvalue weighted by atomic mass is 32.1. The van der Waals surface area contributed by atoms with Gasteiger partial charge in [0.1, 0.15) is 6.04 Å². The summed E-state index contributed by atoms with van der Waals surface area (Å²) in [6.07, 6.45) is 2.35. The lowest BCUT2D eigenvalue weighted by Crippen LogP contribution is -2.20. The van der Waals surface area contributed by atoms with Crippen molar-refractivity contribution in [3.63, 3.8) is 0 Å². The molecule has 1 heterocycles. The minimum absolute atomic E-state index is 0.147. The van der Waals surface area contributed by atoms with Gasteiger partial charge in [-0.3, -0.25) is 10.3 Å². The molecule has 13 heavy (non-hydrogen) atoms. The summed E-state index contributed by atoms with van der Waals surface area (Å²) in [7, 11) is 0. The zero-order valence-corrected chi connectivity index (χ0v) is 7.92. The number of thiazole rings is 1. The fourth-order valence-electron chi connectivity index (χ4n) is 0.903. The third-order valence-corrected chi connectivity index (χ3v) is 2.39. The van der Waals surface area contributed by atoms with Crippen LogP contribution in [0.3, 0.4) is 0 Å². The van der Waals surface area contributed by atoms with Crippen LogP contribution in [0.15, 0.2) is 11.7 Å². The molecule has 0 saturated heterocycles. The maximum Gasteiger partial charge on any atom is 0.132 e. The molecular weight excluding hydrogens is 186 g/mol. The zero-order valence-electron chi connectivity index (χ0n) is 7.10. The minimum atomic E-state index is -0.293. The Kier molecular flexibility index (Phi) is 4.40. The maximum absolute atomic E-state index is 8.80. The first-order valence-electron chi connectivity index (χ1n) is 4.00. The van der Waals surface area contributed by atoms with Gasteiger partial charge in [-0.15, -0.1) is 11.3 Å². The Bertz CT molecular complexity index is 267. The number of hydrogen-bond acceptors (Lipinski definition) is 5. The lowest BCUT2D eigenvalue weighted by molar-refractivity contribution is 0.285. The lowest BCUT2D eigenvalue weighted by atomic mass is 10.3. The Morgan fingerprint density at radius 3 is 3.15 bits per heavy atom. The third-order valence-electron chi connectivity index (χ3n) is 1.55. The van der Waals surface area contributed by atoms with E-state index >= 15 is 0 Å². The minimum Gasteiger partial charge on any atom is -0.396 e. The smallest absolute Gasteiger partial charge is 0.132 e. The van der Waals surface area contributed by atoms with Crippen LogP contribution >= 0.6 is 11.3 Å². The second kappa shape index (κ2) is 5.65. The molecule has 0 saturated carbocycles. The molecule has 0 fully saturated rings. The molecule has 1 atom stereocenters. The van der Waals surface area contributed by atoms with Crippen molar-refractivity contribution < 1.29 is 5.11 Å². The summed E-state index contributed by atoms with van der Waals surface area (Å²) in [6, 6.07) is 1.85. The number of nitrogens with one attached hydrogen (secondary N) is 1. The van der Waals surface area contributed by atoms with Crippen molar-refractivity contribution in [3.05, 3.63) is 16.6 Å². The van der Waals surface area contributed by atoms with Crippen LogP contribution in [0.2, 0.25) is 0 Å². The van der Waals surface area contributed by atoms with Gasteiger partial charge in [0.25, 0.3) is 0 Å². The first kappa shape index (κ1) is 10.1. The highest BCUT2D eigenvalue weighted by Crippen LogP contribution is 2.15. The predicted molar refractivity (Wildman–Crippen MR) is 50.2 cm³/mol. The standard InChI is InChI=1S/C8H11N3OS/c9-4-7(11-2-1-3-12)8-5-10-6-13-8/h5-7,11-12H,1-3H2. The fraction of sp³-hybridized carbons (Fsp3) is 0.500. The normalized spacial score (nSPS) is 12.3. The lowest BCUT2D eigenvalue weighted by Gasteiger charge is -2.07. The van der Waals surface area contributed by atoms with Crippen LogP contribution in [0, 0.1) is 11.3 Å². The van der Waals surface area contributed by atoms with Crippen LogP contribution < -0.4 is 5.32 Å². The summed E-state index contributed by atoms with van der Waals surface area (Å²) in [5.41, 5.74) is 1.70. The molecule has 0 aliphatic rings. The molecule has 0 spiro atoms. The average molecular weight is 197 g/mol. The molecule has 70 valence electrons. The Morgan fingerprint density at radius 2 is 2.62 bits per heavy atom. The zero-order chi connectivity index (χ0) is 9.52. The van der Waals surface area contributed by atoms with Gasteiger partial charge in [0, 0.05) is 12.8 Å². The Labute approximate surface area is 80.9 Å². The average Bonchev–Trinajstić information content (AvgIpc) is 2.65. The number of hydrogen-bond donors (Lipinski definition) is 2. The number of aliphatic hydroxyl groups excluding tert-OH is 1. The Morgan fingerprint density at radius 1 is 1.77 bits per heavy atom. The molecule has 1 aromatic rings. The van der Waals surface area contributed by atoms with Gasteiger partial charge in [-0.25, -0.2) is 0 Å². The summed E-state index contributed by atoms with van der Waals surface area (Å²) >= 11 is 1.46. The van der Waals surface area contributed by atoms with Gasteiger partial charge >= 0.3 is 0 Å². The van der Waals surface area contributed by atoms with Gasteiger partial charge in [0.05, 0.1) is 16.5 Å². The van der Waals surface area contributed by atoms with E-state index in [2.05, 4.69) is 16.4 Å². The summed E-state index contributed by atoms with van der Waals surface area (Å²) in [5.74, 6) is 0. The predicted octanol–water partition coefficient (Wildman–Crippen LogP) is 0.680. The Balaban J connectivity index is 2.41. The molecule has 0 aromatic carbocycles. The molecule has 0 radical (unpaired) electrons. The van der Waals surface area contributed by atoms with E-state index in [0.29, 0.717) is 13.0 Å². The van der Waals surface area contributed by atoms with Gasteiger partial charge in [0.2, 0.25) is 0 Å². The second-order valence-electron chi connectivity index (χ2n) is 2.50. The van der Waals surface area contributed by atoms with Crippen molar-refractivity contribution in [2.24, 2.45) is 0 Å². The molecule has 0 aliphatic heterocycles. The summed E-state index contributed by atoms with van der Waals surface area (Å²) in [6.45, 7) is 0.792. The van der Waals surface area contributed by atoms with Gasteiger partial charge < -0.3 is 5.11 Å². The molecule has 1 unspecified atom stereocenters. The van der Waals surface area contributed by atoms with Crippen LogP contribution in [0.5, 0.6) is 0 Å². The van der Waals surface area contributed by atoms with Gasteiger partial charge in [-0.05, 0) is 13.0 Å². The summed E-state index contributed by atoms with van der Waals surface area (Å²) < 4.78 is 0. The van der Waals surface area contributed by atoms with E-state index in [9.17, 15) is 0 Å². The van der Waals surface area contributed by atoms with Crippen molar-refractivity contribution in [2.75, 3.05) is 13.2 Å². The first-order valence-corrected chi connectivity index (χ1v) is 4.88.